The van der Waals surface area contributed by atoms with Crippen molar-refractivity contribution in [3.8, 4) is 11.8 Å². The van der Waals surface area contributed by atoms with E-state index in [9.17, 15) is 9.59 Å². The van der Waals surface area contributed by atoms with Crippen LogP contribution in [-0.2, 0) is 35.0 Å². The van der Waals surface area contributed by atoms with Gasteiger partial charge in [0, 0.05) is 20.0 Å². The van der Waals surface area contributed by atoms with E-state index in [4.69, 9.17) is 46.3 Å². The highest BCUT2D eigenvalue weighted by Crippen LogP contribution is 2.28. The van der Waals surface area contributed by atoms with Gasteiger partial charge in [-0.3, -0.25) is 4.57 Å². The van der Waals surface area contributed by atoms with Crippen LogP contribution in [0.25, 0.3) is 11.2 Å². The van der Waals surface area contributed by atoms with Gasteiger partial charge in [-0.15, -0.1) is 0 Å². The Balaban J connectivity index is 1.86. The molecule has 0 spiro atoms. The summed E-state index contributed by atoms with van der Waals surface area (Å²) >= 11 is 5.88. The van der Waals surface area contributed by atoms with Crippen LogP contribution in [0.5, 0.6) is 5.75 Å². The Bertz CT molecular complexity index is 1360. The summed E-state index contributed by atoms with van der Waals surface area (Å²) in [5.74, 6) is -1.53. The molecule has 2 aromatic heterocycles. The Kier molecular flexibility index (Phi) is 11.2. The molecule has 0 unspecified atom stereocenters. The van der Waals surface area contributed by atoms with Crippen LogP contribution in [0.4, 0.5) is 10.2 Å². The summed E-state index contributed by atoms with van der Waals surface area (Å²) in [5.41, 5.74) is 4.35. The number of carbonyl (C=O) groups is 2. The van der Waals surface area contributed by atoms with Gasteiger partial charge in [0.25, 0.3) is 5.60 Å². The first-order chi connectivity index (χ1) is 19.7. The minimum atomic E-state index is -2.22. The maximum atomic E-state index is 15.5. The molecular weight excluding hydrogens is 563 g/mol. The second kappa shape index (κ2) is 14.5. The fraction of sp³-hybridized carbons (Fsp3) is 0.462. The van der Waals surface area contributed by atoms with Crippen molar-refractivity contribution in [2.45, 2.75) is 44.7 Å². The Morgan fingerprint density at radius 2 is 1.83 bits per heavy atom. The number of alkyl halides is 1. The van der Waals surface area contributed by atoms with Gasteiger partial charge >= 0.3 is 11.9 Å². The molecule has 3 aromatic rings. The zero-order valence-electron chi connectivity index (χ0n) is 22.7. The number of benzene rings is 1. The maximum absolute atomic E-state index is 15.5. The normalized spacial score (nSPS) is 12.9. The first-order valence-corrected chi connectivity index (χ1v) is 13.0. The van der Waals surface area contributed by atoms with Crippen LogP contribution in [0.2, 0.25) is 5.28 Å². The van der Waals surface area contributed by atoms with Crippen molar-refractivity contribution in [2.75, 3.05) is 39.3 Å². The van der Waals surface area contributed by atoms with Gasteiger partial charge in [-0.25, -0.2) is 19.0 Å². The lowest BCUT2D eigenvalue weighted by molar-refractivity contribution is -0.195. The van der Waals surface area contributed by atoms with E-state index in [0.29, 0.717) is 11.3 Å². The largest absolute Gasteiger partial charge is 0.479 e. The van der Waals surface area contributed by atoms with Crippen molar-refractivity contribution in [1.82, 2.24) is 19.5 Å². The lowest BCUT2D eigenvalue weighted by Crippen LogP contribution is -2.54. The molecule has 0 saturated carbocycles. The highest BCUT2D eigenvalue weighted by molar-refractivity contribution is 6.28. The summed E-state index contributed by atoms with van der Waals surface area (Å²) in [6.45, 7) is 2.56. The molecule has 220 valence electrons. The molecule has 0 aliphatic rings. The molecule has 3 rings (SSSR count). The fourth-order valence-electron chi connectivity index (χ4n) is 3.91. The molecule has 13 nitrogen and oxygen atoms in total. The number of esters is 2. The van der Waals surface area contributed by atoms with E-state index in [1.807, 2.05) is 6.07 Å². The van der Waals surface area contributed by atoms with E-state index < -0.39 is 29.9 Å². The molecule has 2 heterocycles. The molecule has 15 heteroatoms. The van der Waals surface area contributed by atoms with Gasteiger partial charge in [-0.1, -0.05) is 12.1 Å². The third-order valence-electron chi connectivity index (χ3n) is 5.92. The lowest BCUT2D eigenvalue weighted by atomic mass is 9.93. The Morgan fingerprint density at radius 3 is 2.41 bits per heavy atom. The van der Waals surface area contributed by atoms with E-state index in [2.05, 4.69) is 15.0 Å². The van der Waals surface area contributed by atoms with Crippen LogP contribution in [0.1, 0.15) is 32.1 Å². The van der Waals surface area contributed by atoms with Gasteiger partial charge in [0.15, 0.2) is 24.4 Å². The number of nitrogen functional groups attached to an aromatic ring is 1. The van der Waals surface area contributed by atoms with Crippen molar-refractivity contribution in [1.29, 1.82) is 5.26 Å². The van der Waals surface area contributed by atoms with E-state index in [-0.39, 0.29) is 61.5 Å². The number of nitriles is 1. The molecule has 41 heavy (non-hydrogen) atoms. The van der Waals surface area contributed by atoms with Crippen LogP contribution in [-0.4, -0.2) is 76.7 Å². The molecule has 0 radical (unpaired) electrons. The van der Waals surface area contributed by atoms with Crippen molar-refractivity contribution in [2.24, 2.45) is 0 Å². The summed E-state index contributed by atoms with van der Waals surface area (Å²) < 4.78 is 43.6. The Hall–Kier alpha value is -4.06. The van der Waals surface area contributed by atoms with Crippen molar-refractivity contribution in [3.63, 3.8) is 0 Å². The van der Waals surface area contributed by atoms with Crippen LogP contribution in [0, 0.1) is 11.3 Å². The third-order valence-corrected chi connectivity index (χ3v) is 6.09. The van der Waals surface area contributed by atoms with Crippen LogP contribution >= 0.6 is 11.6 Å². The summed E-state index contributed by atoms with van der Waals surface area (Å²) in [6.07, 6.45) is -2.01. The number of aromatic nitrogens is 4. The number of anilines is 1. The van der Waals surface area contributed by atoms with E-state index >= 15 is 4.39 Å². The van der Waals surface area contributed by atoms with Gasteiger partial charge in [0.05, 0.1) is 32.3 Å². The summed E-state index contributed by atoms with van der Waals surface area (Å²) in [4.78, 5) is 38.3. The lowest BCUT2D eigenvalue weighted by Gasteiger charge is -2.31. The smallest absolute Gasteiger partial charge is 0.350 e. The number of hydrogen-bond acceptors (Lipinski definition) is 12. The average Bonchev–Trinajstić information content (AvgIpc) is 3.38. The minimum Gasteiger partial charge on any atom is -0.479 e. The van der Waals surface area contributed by atoms with Crippen molar-refractivity contribution >= 4 is 40.5 Å². The monoisotopic (exact) mass is 592 g/mol. The van der Waals surface area contributed by atoms with Gasteiger partial charge in [0.1, 0.15) is 17.3 Å². The Labute approximate surface area is 240 Å². The zero-order chi connectivity index (χ0) is 30.0. The Morgan fingerprint density at radius 1 is 1.17 bits per heavy atom. The summed E-state index contributed by atoms with van der Waals surface area (Å²) in [5, 5.41) is 8.54. The molecular formula is C26H30ClFN6O7. The SMILES string of the molecule is CCOC(=O)C(Cc1ccc(OCC#N)cc1)(OC[C@H](C[C@H](F)n1cnc2c(N)nc(Cl)nc21)OC)C(=O)OCC. The molecule has 0 aliphatic carbocycles. The van der Waals surface area contributed by atoms with Crippen LogP contribution < -0.4 is 10.5 Å². The topological polar surface area (TPSA) is 174 Å². The molecule has 0 saturated heterocycles. The van der Waals surface area contributed by atoms with Crippen LogP contribution in [0.3, 0.4) is 0 Å². The number of rotatable bonds is 15. The average molecular weight is 593 g/mol. The number of nitrogens with zero attached hydrogens (tertiary/aromatic N) is 5. The number of halogens is 2. The number of carbonyl (C=O) groups excluding carboxylic acids is 2. The highest BCUT2D eigenvalue weighted by Gasteiger charge is 2.51. The van der Waals surface area contributed by atoms with Gasteiger partial charge in [-0.05, 0) is 43.1 Å². The van der Waals surface area contributed by atoms with Crippen molar-refractivity contribution < 1.29 is 37.7 Å². The zero-order valence-corrected chi connectivity index (χ0v) is 23.5. The second-order valence-electron chi connectivity index (χ2n) is 8.58. The predicted octanol–water partition coefficient (Wildman–Crippen LogP) is 2.96. The molecule has 0 amide bonds. The van der Waals surface area contributed by atoms with Gasteiger partial charge < -0.3 is 29.4 Å². The number of imidazole rings is 1. The van der Waals surface area contributed by atoms with E-state index in [1.165, 1.54) is 13.4 Å². The fourth-order valence-corrected chi connectivity index (χ4v) is 4.08. The molecule has 2 N–H and O–H groups in total. The van der Waals surface area contributed by atoms with Gasteiger partial charge in [-0.2, -0.15) is 15.2 Å². The quantitative estimate of drug-likeness (QED) is 0.155. The van der Waals surface area contributed by atoms with E-state index in [0.717, 1.165) is 4.57 Å². The number of hydrogen-bond donors (Lipinski definition) is 1. The molecule has 0 aliphatic heterocycles. The van der Waals surface area contributed by atoms with Crippen molar-refractivity contribution in [3.05, 3.63) is 41.4 Å². The molecule has 0 bridgehead atoms. The first kappa shape index (κ1) is 31.5. The molecule has 0 fully saturated rings. The summed E-state index contributed by atoms with van der Waals surface area (Å²) in [6, 6.07) is 8.25. The molecule has 2 atom stereocenters. The third kappa shape index (κ3) is 7.57. The highest BCUT2D eigenvalue weighted by atomic mass is 35.5. The first-order valence-electron chi connectivity index (χ1n) is 12.6. The van der Waals surface area contributed by atoms with Crippen LogP contribution in [0.15, 0.2) is 30.6 Å². The summed E-state index contributed by atoms with van der Waals surface area (Å²) in [7, 11) is 1.33. The standard InChI is InChI=1S/C26H30ClFN6O7/c1-4-38-23(35)26(24(36)39-5-2,13-16-6-8-17(9-7-16)40-11-10-29)41-14-18(37-3)12-19(28)34-15-31-20-21(30)32-25(27)33-22(20)34/h6-9,15,18-19H,4-5,11-14H2,1-3H3,(H2,30,32,33)/t18-,19+/m0/s1. The second-order valence-corrected chi connectivity index (χ2v) is 8.91. The number of nitrogens with two attached hydrogens (primary N) is 1. The number of fused-ring (bicyclic) bond motifs is 1. The maximum Gasteiger partial charge on any atom is 0.350 e. The molecule has 1 aromatic carbocycles. The minimum absolute atomic E-state index is 0.00381. The van der Waals surface area contributed by atoms with Gasteiger partial charge in [0.2, 0.25) is 5.28 Å². The number of methoxy groups -OCH3 is 1. The predicted molar refractivity (Wildman–Crippen MR) is 144 cm³/mol. The van der Waals surface area contributed by atoms with E-state index in [1.54, 1.807) is 38.1 Å². The number of ether oxygens (including phenoxy) is 5.